The van der Waals surface area contributed by atoms with Crippen LogP contribution in [0.2, 0.25) is 0 Å². The van der Waals surface area contributed by atoms with Gasteiger partial charge in [0.25, 0.3) is 0 Å². The molecular weight excluding hydrogens is 355 g/mol. The molecule has 3 rings (SSSR count). The molecule has 0 bridgehead atoms. The van der Waals surface area contributed by atoms with Crippen LogP contribution in [-0.4, -0.2) is 7.11 Å². The molecule has 0 saturated heterocycles. The molecule has 0 amide bonds. The molecule has 27 heavy (non-hydrogen) atoms. The molecule has 0 aliphatic carbocycles. The van der Waals surface area contributed by atoms with Gasteiger partial charge in [0.2, 0.25) is 0 Å². The summed E-state index contributed by atoms with van der Waals surface area (Å²) >= 11 is 0. The Kier molecular flexibility index (Phi) is 6.03. The molecule has 3 aromatic rings. The van der Waals surface area contributed by atoms with Gasteiger partial charge in [-0.25, -0.2) is 0 Å². The first-order valence-electron chi connectivity index (χ1n) is 9.93. The average Bonchev–Trinajstić information content (AvgIpc) is 2.82. The van der Waals surface area contributed by atoms with Gasteiger partial charge >= 0.3 is 8.24 Å². The molecule has 0 saturated carbocycles. The molecule has 0 aliphatic heterocycles. The van der Waals surface area contributed by atoms with Crippen molar-refractivity contribution in [1.82, 2.24) is 0 Å². The first kappa shape index (κ1) is 20.0. The zero-order chi connectivity index (χ0) is 19.7. The normalized spacial score (nSPS) is 11.9. The molecule has 0 aliphatic rings. The van der Waals surface area contributed by atoms with Crippen molar-refractivity contribution in [3.8, 4) is 0 Å². The lowest BCUT2D eigenvalue weighted by atomic mass is 9.93. The molecule has 3 nitrogen and oxygen atoms in total. The number of hydrogen-bond donors (Lipinski definition) is 0. The Morgan fingerprint density at radius 3 is 1.48 bits per heavy atom. The van der Waals surface area contributed by atoms with Gasteiger partial charge in [-0.2, -0.15) is 0 Å². The van der Waals surface area contributed by atoms with Gasteiger partial charge < -0.3 is 8.39 Å². The van der Waals surface area contributed by atoms with Crippen molar-refractivity contribution in [3.05, 3.63) is 46.5 Å². The Labute approximate surface area is 163 Å². The highest BCUT2D eigenvalue weighted by atomic mass is 31.1. The summed E-state index contributed by atoms with van der Waals surface area (Å²) in [4.78, 5) is 0. The number of rotatable bonds is 5. The van der Waals surface area contributed by atoms with Crippen LogP contribution in [0.15, 0.2) is 32.7 Å². The van der Waals surface area contributed by atoms with Crippen LogP contribution in [0.25, 0.3) is 21.9 Å². The SMILES string of the molecule is CCc1cc(C(C)C)cc2c1op(OC)oc1c(CC)cc(C(C)C)cc12. The second-order valence-corrected chi connectivity index (χ2v) is 8.90. The molecule has 0 radical (unpaired) electrons. The Bertz CT molecular complexity index is 921. The van der Waals surface area contributed by atoms with E-state index < -0.39 is 8.24 Å². The highest BCUT2D eigenvalue weighted by Gasteiger charge is 2.16. The van der Waals surface area contributed by atoms with Gasteiger partial charge in [0.15, 0.2) is 0 Å². The lowest BCUT2D eigenvalue weighted by Crippen LogP contribution is -1.94. The van der Waals surface area contributed by atoms with Gasteiger partial charge in [-0.3, -0.25) is 4.52 Å². The maximum Gasteiger partial charge on any atom is 0.387 e. The first-order valence-corrected chi connectivity index (χ1v) is 11.0. The summed E-state index contributed by atoms with van der Waals surface area (Å²) in [5, 5.41) is 2.26. The number of aryl methyl sites for hydroxylation is 2. The summed E-state index contributed by atoms with van der Waals surface area (Å²) in [6.45, 7) is 13.3. The summed E-state index contributed by atoms with van der Waals surface area (Å²) in [6, 6.07) is 9.09. The minimum atomic E-state index is -1.46. The number of benzene rings is 2. The maximum absolute atomic E-state index is 6.27. The van der Waals surface area contributed by atoms with Gasteiger partial charge in [-0.1, -0.05) is 53.7 Å². The second-order valence-electron chi connectivity index (χ2n) is 7.72. The maximum atomic E-state index is 6.27. The van der Waals surface area contributed by atoms with Crippen LogP contribution in [0, 0.1) is 0 Å². The van der Waals surface area contributed by atoms with Gasteiger partial charge in [-0.15, -0.1) is 0 Å². The van der Waals surface area contributed by atoms with E-state index in [-0.39, 0.29) is 0 Å². The Balaban J connectivity index is 2.61. The Hall–Kier alpha value is -1.70. The highest BCUT2D eigenvalue weighted by molar-refractivity contribution is 7.31. The van der Waals surface area contributed by atoms with Crippen molar-refractivity contribution < 1.29 is 12.9 Å². The monoisotopic (exact) mass is 386 g/mol. The van der Waals surface area contributed by atoms with Crippen LogP contribution in [0.3, 0.4) is 0 Å². The quantitative estimate of drug-likeness (QED) is 0.450. The molecule has 0 atom stereocenters. The molecule has 0 spiro atoms. The summed E-state index contributed by atoms with van der Waals surface area (Å²) in [5.74, 6) is 0.909. The van der Waals surface area contributed by atoms with E-state index in [1.54, 1.807) is 7.11 Å². The number of fused-ring (bicyclic) bond motifs is 3. The minimum absolute atomic E-state index is 0.455. The summed E-state index contributed by atoms with van der Waals surface area (Å²) in [6.07, 6.45) is 1.82. The zero-order valence-corrected chi connectivity index (χ0v) is 18.4. The fourth-order valence-corrected chi connectivity index (χ4v) is 4.39. The number of hydrogen-bond acceptors (Lipinski definition) is 3. The van der Waals surface area contributed by atoms with E-state index in [2.05, 4.69) is 65.8 Å². The van der Waals surface area contributed by atoms with Crippen LogP contribution in [-0.2, 0) is 12.8 Å². The van der Waals surface area contributed by atoms with E-state index in [4.69, 9.17) is 12.9 Å². The van der Waals surface area contributed by atoms with E-state index in [1.807, 2.05) is 0 Å². The van der Waals surface area contributed by atoms with Gasteiger partial charge in [-0.05, 0) is 59.1 Å². The molecule has 0 fully saturated rings. The predicted octanol–water partition coefficient (Wildman–Crippen LogP) is 7.72. The van der Waals surface area contributed by atoms with E-state index in [0.717, 1.165) is 34.8 Å². The van der Waals surface area contributed by atoms with Crippen molar-refractivity contribution in [1.29, 1.82) is 0 Å². The fraction of sp³-hybridized carbons (Fsp3) is 0.478. The third kappa shape index (κ3) is 3.81. The van der Waals surface area contributed by atoms with Crippen LogP contribution >= 0.6 is 8.24 Å². The van der Waals surface area contributed by atoms with E-state index in [9.17, 15) is 0 Å². The largest absolute Gasteiger partial charge is 0.399 e. The van der Waals surface area contributed by atoms with Crippen LogP contribution in [0.4, 0.5) is 0 Å². The molecule has 0 N–H and O–H groups in total. The lowest BCUT2D eigenvalue weighted by Gasteiger charge is -2.12. The Morgan fingerprint density at radius 1 is 0.778 bits per heavy atom. The van der Waals surface area contributed by atoms with E-state index >= 15 is 0 Å². The minimum Gasteiger partial charge on any atom is -0.399 e. The third-order valence-corrected chi connectivity index (χ3v) is 6.20. The molecule has 4 heteroatoms. The molecular formula is C23H31O3P. The summed E-state index contributed by atoms with van der Waals surface area (Å²) in [7, 11) is 0.188. The Morgan fingerprint density at radius 2 is 1.19 bits per heavy atom. The lowest BCUT2D eigenvalue weighted by molar-refractivity contribution is 0.453. The highest BCUT2D eigenvalue weighted by Crippen LogP contribution is 2.39. The van der Waals surface area contributed by atoms with Crippen LogP contribution in [0.1, 0.15) is 75.6 Å². The molecule has 2 aromatic carbocycles. The van der Waals surface area contributed by atoms with Crippen molar-refractivity contribution in [2.24, 2.45) is 0 Å². The van der Waals surface area contributed by atoms with Crippen molar-refractivity contribution >= 4 is 30.2 Å². The smallest absolute Gasteiger partial charge is 0.387 e. The van der Waals surface area contributed by atoms with E-state index in [1.165, 1.54) is 22.3 Å². The van der Waals surface area contributed by atoms with Crippen molar-refractivity contribution in [2.75, 3.05) is 7.11 Å². The summed E-state index contributed by atoms with van der Waals surface area (Å²) < 4.78 is 18.1. The average molecular weight is 386 g/mol. The molecule has 1 heterocycles. The topological polar surface area (TPSA) is 35.5 Å². The first-order chi connectivity index (χ1) is 12.9. The van der Waals surface area contributed by atoms with E-state index in [0.29, 0.717) is 11.8 Å². The standard InChI is InChI=1S/C23H31O3P/c1-8-16-10-18(14(3)4)12-20-21-13-19(15(5)6)11-17(9-2)23(21)26-27(24-7)25-22(16)20/h10-15H,8-9H2,1-7H3. The van der Waals surface area contributed by atoms with Gasteiger partial charge in [0, 0.05) is 10.8 Å². The second kappa shape index (κ2) is 8.12. The van der Waals surface area contributed by atoms with Crippen molar-refractivity contribution in [2.45, 2.75) is 66.2 Å². The van der Waals surface area contributed by atoms with Crippen LogP contribution in [0.5, 0.6) is 0 Å². The van der Waals surface area contributed by atoms with Gasteiger partial charge in [0.1, 0.15) is 11.2 Å². The molecule has 0 unspecified atom stereocenters. The van der Waals surface area contributed by atoms with Gasteiger partial charge in [0.05, 0.1) is 7.11 Å². The third-order valence-electron chi connectivity index (χ3n) is 5.24. The summed E-state index contributed by atoms with van der Waals surface area (Å²) in [5.41, 5.74) is 6.91. The van der Waals surface area contributed by atoms with Crippen LogP contribution < -0.4 is 4.52 Å². The molecule has 1 aromatic heterocycles. The molecule has 146 valence electrons. The zero-order valence-electron chi connectivity index (χ0n) is 17.6. The fourth-order valence-electron chi connectivity index (χ4n) is 3.48. The predicted molar refractivity (Wildman–Crippen MR) is 116 cm³/mol. The van der Waals surface area contributed by atoms with Crippen molar-refractivity contribution in [3.63, 3.8) is 0 Å².